The molecule has 0 saturated carbocycles. The van der Waals surface area contributed by atoms with Gasteiger partial charge in [-0.2, -0.15) is 0 Å². The maximum absolute atomic E-state index is 12.0. The predicted octanol–water partition coefficient (Wildman–Crippen LogP) is 2.73. The summed E-state index contributed by atoms with van der Waals surface area (Å²) in [6, 6.07) is 11.2. The molecule has 0 radical (unpaired) electrons. The molecule has 3 heterocycles. The minimum atomic E-state index is -0.0310. The first kappa shape index (κ1) is 10.2. The molecule has 0 atom stereocenters. The summed E-state index contributed by atoms with van der Waals surface area (Å²) >= 11 is 1.59. The van der Waals surface area contributed by atoms with E-state index < -0.39 is 0 Å². The van der Waals surface area contributed by atoms with Crippen molar-refractivity contribution in [3.63, 3.8) is 0 Å². The molecule has 0 aliphatic rings. The Kier molecular flexibility index (Phi) is 2.30. The molecule has 0 fully saturated rings. The summed E-state index contributed by atoms with van der Waals surface area (Å²) in [5.74, 6) is 0. The van der Waals surface area contributed by atoms with Gasteiger partial charge in [0.25, 0.3) is 5.56 Å². The molecule has 3 aromatic rings. The van der Waals surface area contributed by atoms with Crippen LogP contribution in [0.1, 0.15) is 5.69 Å². The average molecular weight is 242 g/mol. The molecule has 3 nitrogen and oxygen atoms in total. The van der Waals surface area contributed by atoms with Gasteiger partial charge in [-0.1, -0.05) is 12.1 Å². The quantitative estimate of drug-likeness (QED) is 0.657. The second-order valence-electron chi connectivity index (χ2n) is 3.82. The monoisotopic (exact) mass is 242 g/mol. The molecule has 0 bridgehead atoms. The van der Waals surface area contributed by atoms with Gasteiger partial charge in [0, 0.05) is 11.8 Å². The van der Waals surface area contributed by atoms with Crippen molar-refractivity contribution in [2.75, 3.05) is 0 Å². The average Bonchev–Trinajstić information content (AvgIpc) is 2.81. The highest BCUT2D eigenvalue weighted by atomic mass is 32.1. The molecule has 0 unspecified atom stereocenters. The maximum Gasteiger partial charge on any atom is 0.258 e. The normalized spacial score (nSPS) is 10.9. The molecular formula is C13H10N2OS. The third-order valence-corrected chi connectivity index (χ3v) is 3.55. The number of aromatic nitrogens is 2. The van der Waals surface area contributed by atoms with Gasteiger partial charge in [0.15, 0.2) is 0 Å². The van der Waals surface area contributed by atoms with Crippen molar-refractivity contribution in [1.29, 1.82) is 0 Å². The fraction of sp³-hybridized carbons (Fsp3) is 0.0769. The lowest BCUT2D eigenvalue weighted by atomic mass is 10.3. The third-order valence-electron chi connectivity index (χ3n) is 2.65. The minimum Gasteiger partial charge on any atom is -0.269 e. The number of nitrogens with zero attached hydrogens (tertiary/aromatic N) is 2. The first-order valence-electron chi connectivity index (χ1n) is 5.29. The molecule has 84 valence electrons. The first-order valence-corrected chi connectivity index (χ1v) is 6.17. The molecule has 4 heteroatoms. The minimum absolute atomic E-state index is 0.0310. The lowest BCUT2D eigenvalue weighted by molar-refractivity contribution is 0.994. The Morgan fingerprint density at radius 3 is 2.88 bits per heavy atom. The van der Waals surface area contributed by atoms with Crippen LogP contribution in [-0.4, -0.2) is 9.38 Å². The van der Waals surface area contributed by atoms with Gasteiger partial charge >= 0.3 is 0 Å². The van der Waals surface area contributed by atoms with Gasteiger partial charge in [-0.25, -0.2) is 4.98 Å². The molecule has 0 aliphatic heterocycles. The van der Waals surface area contributed by atoms with E-state index in [9.17, 15) is 4.79 Å². The van der Waals surface area contributed by atoms with Crippen molar-refractivity contribution in [2.24, 2.45) is 0 Å². The Hall–Kier alpha value is -1.94. The summed E-state index contributed by atoms with van der Waals surface area (Å²) in [4.78, 5) is 17.6. The molecule has 0 aromatic carbocycles. The molecule has 3 aromatic heterocycles. The fourth-order valence-corrected chi connectivity index (χ4v) is 2.55. The molecule has 0 amide bonds. The van der Waals surface area contributed by atoms with Gasteiger partial charge < -0.3 is 0 Å². The van der Waals surface area contributed by atoms with E-state index in [2.05, 4.69) is 4.98 Å². The first-order chi connectivity index (χ1) is 8.25. The van der Waals surface area contributed by atoms with E-state index in [1.54, 1.807) is 21.8 Å². The van der Waals surface area contributed by atoms with Crippen LogP contribution in [0, 0.1) is 6.92 Å². The zero-order valence-electron chi connectivity index (χ0n) is 9.25. The van der Waals surface area contributed by atoms with Crippen molar-refractivity contribution < 1.29 is 0 Å². The summed E-state index contributed by atoms with van der Waals surface area (Å²) in [5.41, 5.74) is 2.31. The van der Waals surface area contributed by atoms with Crippen molar-refractivity contribution in [1.82, 2.24) is 9.38 Å². The van der Waals surface area contributed by atoms with E-state index in [4.69, 9.17) is 0 Å². The van der Waals surface area contributed by atoms with E-state index in [1.807, 2.05) is 42.6 Å². The molecule has 0 spiro atoms. The van der Waals surface area contributed by atoms with Gasteiger partial charge in [-0.15, -0.1) is 11.3 Å². The predicted molar refractivity (Wildman–Crippen MR) is 69.5 cm³/mol. The number of aryl methyl sites for hydroxylation is 1. The fourth-order valence-electron chi connectivity index (χ4n) is 1.86. The largest absolute Gasteiger partial charge is 0.269 e. The number of pyridine rings is 1. The van der Waals surface area contributed by atoms with Crippen LogP contribution in [0.3, 0.4) is 0 Å². The second kappa shape index (κ2) is 3.82. The van der Waals surface area contributed by atoms with Crippen LogP contribution in [0.4, 0.5) is 0 Å². The highest BCUT2D eigenvalue weighted by Gasteiger charge is 2.06. The number of hydrogen-bond acceptors (Lipinski definition) is 3. The van der Waals surface area contributed by atoms with Gasteiger partial charge in [0.05, 0.1) is 10.6 Å². The Morgan fingerprint density at radius 1 is 1.24 bits per heavy atom. The number of rotatable bonds is 1. The van der Waals surface area contributed by atoms with Crippen molar-refractivity contribution >= 4 is 17.0 Å². The Balaban J connectivity index is 2.36. The standard InChI is InChI=1S/C13H10N2OS/c1-9-4-2-6-12-14-10(8-13(16)15(9)12)11-5-3-7-17-11/h2-8H,1H3. The SMILES string of the molecule is Cc1cccc2nc(-c3cccs3)cc(=O)n12. The van der Waals surface area contributed by atoms with Gasteiger partial charge in [-0.05, 0) is 30.5 Å². The number of fused-ring (bicyclic) bond motifs is 1. The molecule has 0 saturated heterocycles. The van der Waals surface area contributed by atoms with Crippen molar-refractivity contribution in [3.05, 3.63) is 57.8 Å². The summed E-state index contributed by atoms with van der Waals surface area (Å²) in [6.45, 7) is 1.90. The molecule has 0 N–H and O–H groups in total. The number of hydrogen-bond donors (Lipinski definition) is 0. The molecule has 17 heavy (non-hydrogen) atoms. The van der Waals surface area contributed by atoms with E-state index >= 15 is 0 Å². The van der Waals surface area contributed by atoms with E-state index in [-0.39, 0.29) is 5.56 Å². The Bertz CT molecular complexity index is 729. The zero-order chi connectivity index (χ0) is 11.8. The summed E-state index contributed by atoms with van der Waals surface area (Å²) in [7, 11) is 0. The van der Waals surface area contributed by atoms with E-state index in [0.717, 1.165) is 16.3 Å². The van der Waals surface area contributed by atoms with E-state index in [1.165, 1.54) is 0 Å². The van der Waals surface area contributed by atoms with Crippen LogP contribution in [0.5, 0.6) is 0 Å². The highest BCUT2D eigenvalue weighted by molar-refractivity contribution is 7.13. The third kappa shape index (κ3) is 1.66. The lowest BCUT2D eigenvalue weighted by Crippen LogP contribution is -2.16. The van der Waals surface area contributed by atoms with Crippen LogP contribution < -0.4 is 5.56 Å². The Labute approximate surface area is 102 Å². The van der Waals surface area contributed by atoms with Gasteiger partial charge in [-0.3, -0.25) is 9.20 Å². The van der Waals surface area contributed by atoms with Crippen LogP contribution >= 0.6 is 11.3 Å². The summed E-state index contributed by atoms with van der Waals surface area (Å²) in [6.07, 6.45) is 0. The van der Waals surface area contributed by atoms with Crippen molar-refractivity contribution in [3.8, 4) is 10.6 Å². The van der Waals surface area contributed by atoms with Crippen LogP contribution in [0.15, 0.2) is 46.6 Å². The van der Waals surface area contributed by atoms with Gasteiger partial charge in [0.2, 0.25) is 0 Å². The molecule has 3 rings (SSSR count). The smallest absolute Gasteiger partial charge is 0.258 e. The highest BCUT2D eigenvalue weighted by Crippen LogP contribution is 2.21. The van der Waals surface area contributed by atoms with Crippen LogP contribution in [0.2, 0.25) is 0 Å². The topological polar surface area (TPSA) is 34.4 Å². The lowest BCUT2D eigenvalue weighted by Gasteiger charge is -2.05. The second-order valence-corrected chi connectivity index (χ2v) is 4.77. The number of thiophene rings is 1. The Morgan fingerprint density at radius 2 is 2.12 bits per heavy atom. The summed E-state index contributed by atoms with van der Waals surface area (Å²) in [5, 5.41) is 1.98. The van der Waals surface area contributed by atoms with Gasteiger partial charge in [0.1, 0.15) is 5.65 Å². The van der Waals surface area contributed by atoms with Crippen LogP contribution in [0.25, 0.3) is 16.2 Å². The molecule has 0 aliphatic carbocycles. The van der Waals surface area contributed by atoms with Crippen LogP contribution in [-0.2, 0) is 0 Å². The summed E-state index contributed by atoms with van der Waals surface area (Å²) < 4.78 is 1.62. The zero-order valence-corrected chi connectivity index (χ0v) is 10.1. The maximum atomic E-state index is 12.0. The molecular weight excluding hydrogens is 232 g/mol. The van der Waals surface area contributed by atoms with E-state index in [0.29, 0.717) is 5.65 Å². The van der Waals surface area contributed by atoms with Crippen molar-refractivity contribution in [2.45, 2.75) is 6.92 Å².